The minimum atomic E-state index is -0.850. The Bertz CT molecular complexity index is 279. The van der Waals surface area contributed by atoms with Crippen molar-refractivity contribution < 1.29 is 19.4 Å². The lowest BCUT2D eigenvalue weighted by molar-refractivity contribution is -0.140. The molecule has 0 aromatic carbocycles. The highest BCUT2D eigenvalue weighted by molar-refractivity contribution is 7.99. The highest BCUT2D eigenvalue weighted by Gasteiger charge is 2.40. The largest absolute Gasteiger partial charge is 0.481 e. The molecule has 98 valence electrons. The van der Waals surface area contributed by atoms with Crippen molar-refractivity contribution in [3.05, 3.63) is 0 Å². The Labute approximate surface area is 105 Å². The number of nitrogens with one attached hydrogen (secondary N) is 1. The predicted octanol–water partition coefficient (Wildman–Crippen LogP) is 0.880. The monoisotopic (exact) mass is 261 g/mol. The summed E-state index contributed by atoms with van der Waals surface area (Å²) >= 11 is 1.50. The Morgan fingerprint density at radius 1 is 1.47 bits per heavy atom. The van der Waals surface area contributed by atoms with Crippen LogP contribution in [0.2, 0.25) is 0 Å². The van der Waals surface area contributed by atoms with Crippen LogP contribution in [0.4, 0.5) is 0 Å². The molecule has 0 aromatic heterocycles. The molecule has 0 bridgehead atoms. The summed E-state index contributed by atoms with van der Waals surface area (Å²) in [4.78, 5) is 22.3. The zero-order valence-electron chi connectivity index (χ0n) is 10.0. The van der Waals surface area contributed by atoms with Crippen LogP contribution in [0.25, 0.3) is 0 Å². The number of ether oxygens (including phenoxy) is 1. The van der Waals surface area contributed by atoms with Crippen LogP contribution in [0.15, 0.2) is 0 Å². The second-order valence-corrected chi connectivity index (χ2v) is 5.40. The van der Waals surface area contributed by atoms with Gasteiger partial charge in [-0.1, -0.05) is 0 Å². The van der Waals surface area contributed by atoms with E-state index in [0.29, 0.717) is 12.4 Å². The van der Waals surface area contributed by atoms with Crippen LogP contribution in [-0.2, 0) is 14.3 Å². The number of carboxylic acid groups (broad SMARTS) is 1. The number of aliphatic carboxylic acids is 1. The zero-order valence-corrected chi connectivity index (χ0v) is 10.8. The van der Waals surface area contributed by atoms with Gasteiger partial charge in [-0.15, -0.1) is 11.8 Å². The molecule has 1 aliphatic carbocycles. The normalized spacial score (nSPS) is 17.2. The van der Waals surface area contributed by atoms with Crippen LogP contribution >= 0.6 is 11.8 Å². The predicted molar refractivity (Wildman–Crippen MR) is 66.2 cm³/mol. The van der Waals surface area contributed by atoms with E-state index in [0.717, 1.165) is 25.0 Å². The number of amides is 1. The molecule has 0 heterocycles. The molecular formula is C11H19NO4S. The van der Waals surface area contributed by atoms with Crippen molar-refractivity contribution in [3.8, 4) is 0 Å². The second-order valence-electron chi connectivity index (χ2n) is 4.30. The van der Waals surface area contributed by atoms with E-state index in [2.05, 4.69) is 5.32 Å². The smallest absolute Gasteiger partial charge is 0.305 e. The summed E-state index contributed by atoms with van der Waals surface area (Å²) < 4.78 is 4.88. The van der Waals surface area contributed by atoms with Gasteiger partial charge in [0.05, 0.1) is 24.3 Å². The maximum atomic E-state index is 11.6. The maximum Gasteiger partial charge on any atom is 0.305 e. The fourth-order valence-electron chi connectivity index (χ4n) is 1.88. The molecule has 0 saturated heterocycles. The van der Waals surface area contributed by atoms with E-state index in [1.54, 1.807) is 7.11 Å². The molecule has 5 nitrogen and oxygen atoms in total. The van der Waals surface area contributed by atoms with Crippen LogP contribution in [0.5, 0.6) is 0 Å². The quantitative estimate of drug-likeness (QED) is 0.634. The van der Waals surface area contributed by atoms with Crippen molar-refractivity contribution in [2.45, 2.75) is 31.2 Å². The van der Waals surface area contributed by atoms with Crippen LogP contribution < -0.4 is 5.32 Å². The first-order valence-corrected chi connectivity index (χ1v) is 6.83. The van der Waals surface area contributed by atoms with Crippen molar-refractivity contribution in [1.29, 1.82) is 0 Å². The fraction of sp³-hybridized carbons (Fsp3) is 0.818. The van der Waals surface area contributed by atoms with Gasteiger partial charge in [0.25, 0.3) is 0 Å². The molecule has 1 rings (SSSR count). The molecule has 0 atom stereocenters. The second kappa shape index (κ2) is 6.86. The average Bonchev–Trinajstić information content (AvgIpc) is 2.20. The standard InChI is InChI=1S/C11H19NO4S/c1-16-5-6-17-8-9(13)12-11(3-2-4-11)7-10(14)15/h2-8H2,1H3,(H,12,13)(H,14,15). The first kappa shape index (κ1) is 14.3. The Kier molecular flexibility index (Phi) is 5.77. The van der Waals surface area contributed by atoms with Crippen molar-refractivity contribution in [1.82, 2.24) is 5.32 Å². The molecule has 1 fully saturated rings. The topological polar surface area (TPSA) is 75.6 Å². The summed E-state index contributed by atoms with van der Waals surface area (Å²) in [5.41, 5.74) is -0.481. The number of hydrogen-bond acceptors (Lipinski definition) is 4. The SMILES string of the molecule is COCCSCC(=O)NC1(CC(=O)O)CCC1. The zero-order chi connectivity index (χ0) is 12.7. The van der Waals surface area contributed by atoms with E-state index >= 15 is 0 Å². The summed E-state index contributed by atoms with van der Waals surface area (Å²) in [5, 5.41) is 11.7. The summed E-state index contributed by atoms with van der Waals surface area (Å²) in [6.07, 6.45) is 2.56. The highest BCUT2D eigenvalue weighted by Crippen LogP contribution is 2.34. The summed E-state index contributed by atoms with van der Waals surface area (Å²) in [5.74, 6) is 0.213. The first-order valence-electron chi connectivity index (χ1n) is 5.67. The lowest BCUT2D eigenvalue weighted by Gasteiger charge is -2.41. The van der Waals surface area contributed by atoms with Gasteiger partial charge < -0.3 is 15.2 Å². The van der Waals surface area contributed by atoms with Crippen LogP contribution in [0, 0.1) is 0 Å². The van der Waals surface area contributed by atoms with Crippen LogP contribution in [0.3, 0.4) is 0 Å². The minimum absolute atomic E-state index is 0.0292. The van der Waals surface area contributed by atoms with Crippen molar-refractivity contribution in [2.75, 3.05) is 25.2 Å². The van der Waals surface area contributed by atoms with Gasteiger partial charge in [0, 0.05) is 12.9 Å². The lowest BCUT2D eigenvalue weighted by atomic mass is 9.74. The van der Waals surface area contributed by atoms with E-state index in [9.17, 15) is 9.59 Å². The molecule has 1 amide bonds. The van der Waals surface area contributed by atoms with Crippen LogP contribution in [-0.4, -0.2) is 47.7 Å². The Morgan fingerprint density at radius 2 is 2.18 bits per heavy atom. The van der Waals surface area contributed by atoms with Gasteiger partial charge in [-0.2, -0.15) is 0 Å². The third kappa shape index (κ3) is 4.95. The molecule has 6 heteroatoms. The van der Waals surface area contributed by atoms with E-state index in [1.165, 1.54) is 11.8 Å². The van der Waals surface area contributed by atoms with E-state index in [-0.39, 0.29) is 12.3 Å². The third-order valence-electron chi connectivity index (χ3n) is 2.87. The maximum absolute atomic E-state index is 11.6. The molecule has 0 radical (unpaired) electrons. The van der Waals surface area contributed by atoms with Gasteiger partial charge in [0.15, 0.2) is 0 Å². The molecule has 2 N–H and O–H groups in total. The molecular weight excluding hydrogens is 242 g/mol. The molecule has 0 spiro atoms. The van der Waals surface area contributed by atoms with Gasteiger partial charge in [-0.25, -0.2) is 0 Å². The van der Waals surface area contributed by atoms with E-state index in [4.69, 9.17) is 9.84 Å². The first-order chi connectivity index (χ1) is 8.08. The molecule has 1 saturated carbocycles. The van der Waals surface area contributed by atoms with Crippen LogP contribution in [0.1, 0.15) is 25.7 Å². The number of methoxy groups -OCH3 is 1. The summed E-state index contributed by atoms with van der Waals surface area (Å²) in [6, 6.07) is 0. The Balaban J connectivity index is 2.25. The number of carboxylic acids is 1. The summed E-state index contributed by atoms with van der Waals surface area (Å²) in [7, 11) is 1.62. The number of carbonyl (C=O) groups excluding carboxylic acids is 1. The molecule has 0 unspecified atom stereocenters. The van der Waals surface area contributed by atoms with Crippen molar-refractivity contribution in [3.63, 3.8) is 0 Å². The average molecular weight is 261 g/mol. The molecule has 17 heavy (non-hydrogen) atoms. The molecule has 1 aliphatic rings. The van der Waals surface area contributed by atoms with E-state index < -0.39 is 11.5 Å². The van der Waals surface area contributed by atoms with Gasteiger partial charge in [-0.3, -0.25) is 9.59 Å². The van der Waals surface area contributed by atoms with Gasteiger partial charge in [0.2, 0.25) is 5.91 Å². The Hall–Kier alpha value is -0.750. The third-order valence-corrected chi connectivity index (χ3v) is 3.79. The Morgan fingerprint density at radius 3 is 2.65 bits per heavy atom. The number of hydrogen-bond donors (Lipinski definition) is 2. The summed E-state index contributed by atoms with van der Waals surface area (Å²) in [6.45, 7) is 0.623. The van der Waals surface area contributed by atoms with Gasteiger partial charge in [0.1, 0.15) is 0 Å². The fourth-order valence-corrected chi connectivity index (χ4v) is 2.56. The molecule has 0 aliphatic heterocycles. The highest BCUT2D eigenvalue weighted by atomic mass is 32.2. The van der Waals surface area contributed by atoms with Gasteiger partial charge in [-0.05, 0) is 19.3 Å². The lowest BCUT2D eigenvalue weighted by Crippen LogP contribution is -2.55. The number of thioether (sulfide) groups is 1. The van der Waals surface area contributed by atoms with E-state index in [1.807, 2.05) is 0 Å². The van der Waals surface area contributed by atoms with Crippen molar-refractivity contribution in [2.24, 2.45) is 0 Å². The number of carbonyl (C=O) groups is 2. The van der Waals surface area contributed by atoms with Gasteiger partial charge >= 0.3 is 5.97 Å². The minimum Gasteiger partial charge on any atom is -0.481 e. The molecule has 0 aromatic rings. The van der Waals surface area contributed by atoms with Crippen molar-refractivity contribution >= 4 is 23.6 Å². The number of rotatable bonds is 8.